The predicted molar refractivity (Wildman–Crippen MR) is 84.4 cm³/mol. The lowest BCUT2D eigenvalue weighted by Crippen LogP contribution is -2.41. The van der Waals surface area contributed by atoms with Crippen LogP contribution in [0.15, 0.2) is 10.8 Å². The van der Waals surface area contributed by atoms with Gasteiger partial charge in [-0.25, -0.2) is 4.98 Å². The van der Waals surface area contributed by atoms with Crippen LogP contribution in [0.1, 0.15) is 56.9 Å². The molecule has 122 valence electrons. The smallest absolute Gasteiger partial charge is 0.225 e. The maximum atomic E-state index is 12.4. The Bertz CT molecular complexity index is 508. The summed E-state index contributed by atoms with van der Waals surface area (Å²) in [6.07, 6.45) is 6.01. The predicted octanol–water partition coefficient (Wildman–Crippen LogP) is 2.63. The van der Waals surface area contributed by atoms with E-state index in [1.54, 1.807) is 6.39 Å². The Kier molecular flexibility index (Phi) is 4.81. The molecule has 0 spiro atoms. The number of amides is 1. The average molecular weight is 305 g/mol. The van der Waals surface area contributed by atoms with Crippen LogP contribution in [0.2, 0.25) is 0 Å². The first-order valence-electron chi connectivity index (χ1n) is 8.58. The average Bonchev–Trinajstić information content (AvgIpc) is 2.75. The third kappa shape index (κ3) is 3.35. The molecule has 3 rings (SSSR count). The minimum Gasteiger partial charge on any atom is -0.448 e. The van der Waals surface area contributed by atoms with Crippen molar-refractivity contribution in [2.75, 3.05) is 26.2 Å². The molecule has 22 heavy (non-hydrogen) atoms. The highest BCUT2D eigenvalue weighted by Crippen LogP contribution is 2.28. The van der Waals surface area contributed by atoms with Crippen LogP contribution in [0.5, 0.6) is 0 Å². The Labute approximate surface area is 132 Å². The maximum Gasteiger partial charge on any atom is 0.225 e. The molecule has 1 amide bonds. The second-order valence-corrected chi connectivity index (χ2v) is 6.90. The number of oxazole rings is 1. The number of carbonyl (C=O) groups is 1. The zero-order chi connectivity index (χ0) is 15.5. The monoisotopic (exact) mass is 305 g/mol. The highest BCUT2D eigenvalue weighted by Gasteiger charge is 2.30. The number of nitrogens with zero attached hydrogens (tertiary/aromatic N) is 3. The number of hydrogen-bond acceptors (Lipinski definition) is 4. The van der Waals surface area contributed by atoms with E-state index in [1.807, 2.05) is 0 Å². The number of carbonyl (C=O) groups excluding carboxylic acids is 1. The van der Waals surface area contributed by atoms with Crippen LogP contribution in [-0.2, 0) is 11.3 Å². The largest absolute Gasteiger partial charge is 0.448 e. The molecule has 1 aliphatic heterocycles. The van der Waals surface area contributed by atoms with E-state index in [2.05, 4.69) is 28.6 Å². The number of hydrogen-bond donors (Lipinski definition) is 0. The molecule has 1 saturated heterocycles. The molecule has 0 aromatic carbocycles. The SMILES string of the molecule is CC(C)c1ocnc1CN1CCCN(C(=O)C2CCC2)CC1. The zero-order valence-electron chi connectivity index (χ0n) is 13.8. The van der Waals surface area contributed by atoms with Gasteiger partial charge in [0.1, 0.15) is 5.76 Å². The Balaban J connectivity index is 1.56. The van der Waals surface area contributed by atoms with Gasteiger partial charge in [-0.15, -0.1) is 0 Å². The third-order valence-electron chi connectivity index (χ3n) is 4.92. The summed E-state index contributed by atoms with van der Waals surface area (Å²) in [5.74, 6) is 2.06. The van der Waals surface area contributed by atoms with E-state index in [-0.39, 0.29) is 0 Å². The van der Waals surface area contributed by atoms with Crippen molar-refractivity contribution in [2.45, 2.75) is 52.0 Å². The summed E-state index contributed by atoms with van der Waals surface area (Å²) in [4.78, 5) is 21.2. The molecular formula is C17H27N3O2. The molecule has 5 heteroatoms. The minimum absolute atomic E-state index is 0.314. The van der Waals surface area contributed by atoms with Crippen LogP contribution >= 0.6 is 0 Å². The van der Waals surface area contributed by atoms with Gasteiger partial charge >= 0.3 is 0 Å². The molecule has 1 saturated carbocycles. The van der Waals surface area contributed by atoms with Crippen LogP contribution < -0.4 is 0 Å². The Morgan fingerprint density at radius 3 is 2.77 bits per heavy atom. The van der Waals surface area contributed by atoms with E-state index >= 15 is 0 Å². The zero-order valence-corrected chi connectivity index (χ0v) is 13.8. The quantitative estimate of drug-likeness (QED) is 0.858. The van der Waals surface area contributed by atoms with Gasteiger partial charge in [0.15, 0.2) is 6.39 Å². The summed E-state index contributed by atoms with van der Waals surface area (Å²) in [5.41, 5.74) is 1.05. The molecule has 1 aromatic heterocycles. The fourth-order valence-electron chi connectivity index (χ4n) is 3.34. The van der Waals surface area contributed by atoms with Gasteiger partial charge in [0.2, 0.25) is 5.91 Å². The normalized spacial score (nSPS) is 21.0. The van der Waals surface area contributed by atoms with Crippen LogP contribution in [-0.4, -0.2) is 46.9 Å². The van der Waals surface area contributed by atoms with E-state index in [1.165, 1.54) is 6.42 Å². The molecule has 0 N–H and O–H groups in total. The molecule has 5 nitrogen and oxygen atoms in total. The second-order valence-electron chi connectivity index (χ2n) is 6.90. The van der Waals surface area contributed by atoms with Gasteiger partial charge in [0.25, 0.3) is 0 Å². The minimum atomic E-state index is 0.314. The van der Waals surface area contributed by atoms with Gasteiger partial charge in [0, 0.05) is 44.6 Å². The molecule has 0 bridgehead atoms. The van der Waals surface area contributed by atoms with Crippen molar-refractivity contribution in [3.8, 4) is 0 Å². The summed E-state index contributed by atoms with van der Waals surface area (Å²) < 4.78 is 5.51. The van der Waals surface area contributed by atoms with E-state index in [9.17, 15) is 4.79 Å². The highest BCUT2D eigenvalue weighted by atomic mass is 16.3. The highest BCUT2D eigenvalue weighted by molar-refractivity contribution is 5.79. The van der Waals surface area contributed by atoms with Crippen molar-refractivity contribution in [2.24, 2.45) is 5.92 Å². The summed E-state index contributed by atoms with van der Waals surface area (Å²) in [5, 5.41) is 0. The van der Waals surface area contributed by atoms with Gasteiger partial charge < -0.3 is 9.32 Å². The van der Waals surface area contributed by atoms with Crippen molar-refractivity contribution in [3.05, 3.63) is 17.8 Å². The van der Waals surface area contributed by atoms with Crippen molar-refractivity contribution >= 4 is 5.91 Å². The van der Waals surface area contributed by atoms with Gasteiger partial charge in [-0.05, 0) is 19.3 Å². The second kappa shape index (κ2) is 6.82. The first-order valence-corrected chi connectivity index (χ1v) is 8.58. The van der Waals surface area contributed by atoms with E-state index in [0.717, 1.165) is 63.4 Å². The van der Waals surface area contributed by atoms with Gasteiger partial charge in [0.05, 0.1) is 5.69 Å². The summed E-state index contributed by atoms with van der Waals surface area (Å²) >= 11 is 0. The van der Waals surface area contributed by atoms with Crippen molar-refractivity contribution in [1.82, 2.24) is 14.8 Å². The Morgan fingerprint density at radius 2 is 2.09 bits per heavy atom. The lowest BCUT2D eigenvalue weighted by molar-refractivity contribution is -0.138. The molecule has 1 aromatic rings. The van der Waals surface area contributed by atoms with Crippen LogP contribution in [0.3, 0.4) is 0 Å². The van der Waals surface area contributed by atoms with Crippen LogP contribution in [0, 0.1) is 5.92 Å². The lowest BCUT2D eigenvalue weighted by atomic mass is 9.84. The first-order chi connectivity index (χ1) is 10.6. The molecule has 2 aliphatic rings. The van der Waals surface area contributed by atoms with Gasteiger partial charge in [-0.3, -0.25) is 9.69 Å². The fourth-order valence-corrected chi connectivity index (χ4v) is 3.34. The molecular weight excluding hydrogens is 278 g/mol. The Hall–Kier alpha value is -1.36. The summed E-state index contributed by atoms with van der Waals surface area (Å²) in [6, 6.07) is 0. The molecule has 0 radical (unpaired) electrons. The lowest BCUT2D eigenvalue weighted by Gasteiger charge is -2.31. The fraction of sp³-hybridized carbons (Fsp3) is 0.765. The van der Waals surface area contributed by atoms with Gasteiger partial charge in [-0.2, -0.15) is 0 Å². The molecule has 0 atom stereocenters. The Morgan fingerprint density at radius 1 is 1.27 bits per heavy atom. The van der Waals surface area contributed by atoms with E-state index in [4.69, 9.17) is 4.42 Å². The van der Waals surface area contributed by atoms with Crippen molar-refractivity contribution in [1.29, 1.82) is 0 Å². The topological polar surface area (TPSA) is 49.6 Å². The molecule has 2 heterocycles. The number of rotatable bonds is 4. The van der Waals surface area contributed by atoms with E-state index < -0.39 is 0 Å². The van der Waals surface area contributed by atoms with Crippen LogP contribution in [0.4, 0.5) is 0 Å². The first kappa shape index (κ1) is 15.5. The maximum absolute atomic E-state index is 12.4. The van der Waals surface area contributed by atoms with Crippen LogP contribution in [0.25, 0.3) is 0 Å². The summed E-state index contributed by atoms with van der Waals surface area (Å²) in [7, 11) is 0. The molecule has 2 fully saturated rings. The van der Waals surface area contributed by atoms with E-state index in [0.29, 0.717) is 17.7 Å². The van der Waals surface area contributed by atoms with Gasteiger partial charge in [-0.1, -0.05) is 20.3 Å². The summed E-state index contributed by atoms with van der Waals surface area (Å²) in [6.45, 7) is 8.81. The standard InChI is InChI=1S/C17H27N3O2/c1-13(2)16-15(18-12-22-16)11-19-7-4-8-20(10-9-19)17(21)14-5-3-6-14/h12-14H,3-11H2,1-2H3. The number of aromatic nitrogens is 1. The molecule has 0 unspecified atom stereocenters. The van der Waals surface area contributed by atoms with Crippen molar-refractivity contribution in [3.63, 3.8) is 0 Å². The third-order valence-corrected chi connectivity index (χ3v) is 4.92. The molecule has 1 aliphatic carbocycles. The van der Waals surface area contributed by atoms with Crippen molar-refractivity contribution < 1.29 is 9.21 Å².